The molecule has 0 unspecified atom stereocenters. The van der Waals surface area contributed by atoms with Gasteiger partial charge in [0.25, 0.3) is 0 Å². The summed E-state index contributed by atoms with van der Waals surface area (Å²) < 4.78 is 6.32. The van der Waals surface area contributed by atoms with Gasteiger partial charge >= 0.3 is 5.97 Å². The number of methoxy groups -OCH3 is 1. The first-order chi connectivity index (χ1) is 8.52. The summed E-state index contributed by atoms with van der Waals surface area (Å²) in [7, 11) is 1.32. The van der Waals surface area contributed by atoms with Crippen LogP contribution in [-0.2, 0) is 4.74 Å². The maximum atomic E-state index is 11.7. The van der Waals surface area contributed by atoms with E-state index in [-0.39, 0.29) is 0 Å². The van der Waals surface area contributed by atoms with E-state index in [1.807, 2.05) is 19.9 Å². The van der Waals surface area contributed by atoms with Gasteiger partial charge in [-0.1, -0.05) is 0 Å². The van der Waals surface area contributed by atoms with Crippen LogP contribution in [0.3, 0.4) is 0 Å². The SMILES string of the molecule is COC(=O)c1cc(N)cnc1-n1nc(C)cc1C. The van der Waals surface area contributed by atoms with Crippen molar-refractivity contribution >= 4 is 11.7 Å². The second kappa shape index (κ2) is 4.48. The second-order valence-electron chi connectivity index (χ2n) is 3.97. The summed E-state index contributed by atoms with van der Waals surface area (Å²) in [6, 6.07) is 3.43. The summed E-state index contributed by atoms with van der Waals surface area (Å²) in [5, 5.41) is 4.29. The van der Waals surface area contributed by atoms with Crippen LogP contribution in [0.15, 0.2) is 18.3 Å². The minimum absolute atomic E-state index is 0.295. The molecule has 0 spiro atoms. The summed E-state index contributed by atoms with van der Waals surface area (Å²) >= 11 is 0. The van der Waals surface area contributed by atoms with E-state index >= 15 is 0 Å². The van der Waals surface area contributed by atoms with Gasteiger partial charge in [0.2, 0.25) is 0 Å². The Kier molecular flexibility index (Phi) is 3.01. The van der Waals surface area contributed by atoms with Gasteiger partial charge in [-0.15, -0.1) is 0 Å². The van der Waals surface area contributed by atoms with E-state index < -0.39 is 5.97 Å². The molecule has 0 fully saturated rings. The number of hydrogen-bond acceptors (Lipinski definition) is 5. The maximum absolute atomic E-state index is 11.7. The van der Waals surface area contributed by atoms with Crippen LogP contribution in [0.4, 0.5) is 5.69 Å². The van der Waals surface area contributed by atoms with Crippen LogP contribution in [0.2, 0.25) is 0 Å². The predicted octanol–water partition coefficient (Wildman–Crippen LogP) is 1.25. The molecular formula is C12H14N4O2. The fraction of sp³-hybridized carbons (Fsp3) is 0.250. The van der Waals surface area contributed by atoms with Crippen molar-refractivity contribution in [2.24, 2.45) is 0 Å². The van der Waals surface area contributed by atoms with Crippen LogP contribution in [-0.4, -0.2) is 27.8 Å². The van der Waals surface area contributed by atoms with Crippen molar-refractivity contribution < 1.29 is 9.53 Å². The quantitative estimate of drug-likeness (QED) is 0.806. The summed E-state index contributed by atoms with van der Waals surface area (Å²) in [6.45, 7) is 3.76. The smallest absolute Gasteiger partial charge is 0.341 e. The number of pyridine rings is 1. The lowest BCUT2D eigenvalue weighted by atomic mass is 10.2. The van der Waals surface area contributed by atoms with E-state index in [1.165, 1.54) is 19.4 Å². The number of carbonyl (C=O) groups excluding carboxylic acids is 1. The Morgan fingerprint density at radius 2 is 2.11 bits per heavy atom. The van der Waals surface area contributed by atoms with Crippen LogP contribution < -0.4 is 5.73 Å². The molecule has 94 valence electrons. The molecule has 0 aliphatic heterocycles. The van der Waals surface area contributed by atoms with Gasteiger partial charge in [-0.3, -0.25) is 0 Å². The summed E-state index contributed by atoms with van der Waals surface area (Å²) in [6.07, 6.45) is 1.48. The number of nitrogens with two attached hydrogens (primary N) is 1. The first kappa shape index (κ1) is 12.1. The topological polar surface area (TPSA) is 83.0 Å². The Labute approximate surface area is 104 Å². The number of hydrogen-bond donors (Lipinski definition) is 1. The van der Waals surface area contributed by atoms with Gasteiger partial charge < -0.3 is 10.5 Å². The van der Waals surface area contributed by atoms with E-state index in [0.29, 0.717) is 17.1 Å². The molecule has 0 bridgehead atoms. The minimum atomic E-state index is -0.489. The Bertz CT molecular complexity index is 604. The van der Waals surface area contributed by atoms with Gasteiger partial charge in [0.1, 0.15) is 5.56 Å². The lowest BCUT2D eigenvalue weighted by molar-refractivity contribution is 0.0600. The monoisotopic (exact) mass is 246 g/mol. The lowest BCUT2D eigenvalue weighted by Gasteiger charge is -2.09. The number of esters is 1. The van der Waals surface area contributed by atoms with Crippen LogP contribution in [0.1, 0.15) is 21.7 Å². The van der Waals surface area contributed by atoms with Crippen molar-refractivity contribution in [3.8, 4) is 5.82 Å². The van der Waals surface area contributed by atoms with E-state index in [9.17, 15) is 4.79 Å². The molecule has 0 radical (unpaired) electrons. The highest BCUT2D eigenvalue weighted by molar-refractivity contribution is 5.93. The zero-order chi connectivity index (χ0) is 13.3. The number of aromatic nitrogens is 3. The molecule has 0 aliphatic rings. The van der Waals surface area contributed by atoms with Crippen molar-refractivity contribution in [3.63, 3.8) is 0 Å². The normalized spacial score (nSPS) is 10.4. The van der Waals surface area contributed by atoms with Crippen molar-refractivity contribution in [3.05, 3.63) is 35.3 Å². The number of anilines is 1. The maximum Gasteiger partial charge on any atom is 0.341 e. The van der Waals surface area contributed by atoms with E-state index in [0.717, 1.165) is 11.4 Å². The third-order valence-electron chi connectivity index (χ3n) is 2.50. The van der Waals surface area contributed by atoms with E-state index in [2.05, 4.69) is 10.1 Å². The zero-order valence-electron chi connectivity index (χ0n) is 10.5. The molecule has 18 heavy (non-hydrogen) atoms. The van der Waals surface area contributed by atoms with Crippen LogP contribution in [0.5, 0.6) is 0 Å². The van der Waals surface area contributed by atoms with Gasteiger partial charge in [0.15, 0.2) is 5.82 Å². The molecule has 2 rings (SSSR count). The van der Waals surface area contributed by atoms with Crippen LogP contribution in [0.25, 0.3) is 5.82 Å². The average molecular weight is 246 g/mol. The Morgan fingerprint density at radius 1 is 1.39 bits per heavy atom. The highest BCUT2D eigenvalue weighted by atomic mass is 16.5. The second-order valence-corrected chi connectivity index (χ2v) is 3.97. The number of carbonyl (C=O) groups is 1. The van der Waals surface area contributed by atoms with Crippen molar-refractivity contribution in [1.29, 1.82) is 0 Å². The molecule has 0 amide bonds. The summed E-state index contributed by atoms with van der Waals surface area (Å²) in [5.74, 6) is -0.0704. The minimum Gasteiger partial charge on any atom is -0.465 e. The fourth-order valence-electron chi connectivity index (χ4n) is 1.75. The Balaban J connectivity index is 2.64. The number of ether oxygens (including phenoxy) is 1. The largest absolute Gasteiger partial charge is 0.465 e. The summed E-state index contributed by atoms with van der Waals surface area (Å²) in [4.78, 5) is 15.9. The third-order valence-corrected chi connectivity index (χ3v) is 2.50. The first-order valence-electron chi connectivity index (χ1n) is 5.40. The van der Waals surface area contributed by atoms with Gasteiger partial charge in [0.05, 0.1) is 24.7 Å². The lowest BCUT2D eigenvalue weighted by Crippen LogP contribution is -2.12. The van der Waals surface area contributed by atoms with Crippen molar-refractivity contribution in [1.82, 2.24) is 14.8 Å². The van der Waals surface area contributed by atoms with Crippen molar-refractivity contribution in [2.75, 3.05) is 12.8 Å². The number of rotatable bonds is 2. The molecule has 0 saturated carbocycles. The molecule has 6 nitrogen and oxygen atoms in total. The summed E-state index contributed by atoms with van der Waals surface area (Å²) in [5.41, 5.74) is 8.07. The molecule has 0 saturated heterocycles. The molecule has 0 aliphatic carbocycles. The predicted molar refractivity (Wildman–Crippen MR) is 66.6 cm³/mol. The molecular weight excluding hydrogens is 232 g/mol. The molecule has 0 atom stereocenters. The van der Waals surface area contributed by atoms with Gasteiger partial charge in [-0.05, 0) is 26.0 Å². The van der Waals surface area contributed by atoms with E-state index in [4.69, 9.17) is 10.5 Å². The molecule has 2 N–H and O–H groups in total. The van der Waals surface area contributed by atoms with Gasteiger partial charge in [-0.2, -0.15) is 5.10 Å². The Morgan fingerprint density at radius 3 is 2.67 bits per heavy atom. The highest BCUT2D eigenvalue weighted by Gasteiger charge is 2.17. The molecule has 2 heterocycles. The third kappa shape index (κ3) is 2.04. The van der Waals surface area contributed by atoms with Crippen molar-refractivity contribution in [2.45, 2.75) is 13.8 Å². The number of nitrogen functional groups attached to an aromatic ring is 1. The molecule has 6 heteroatoms. The fourth-order valence-corrected chi connectivity index (χ4v) is 1.75. The standard InChI is InChI=1S/C12H14N4O2/c1-7-4-8(2)16(15-7)11-10(12(17)18-3)5-9(13)6-14-11/h4-6H,13H2,1-3H3. The number of aryl methyl sites for hydroxylation is 2. The molecule has 2 aromatic rings. The number of nitrogens with zero attached hydrogens (tertiary/aromatic N) is 3. The van der Waals surface area contributed by atoms with E-state index in [1.54, 1.807) is 4.68 Å². The Hall–Kier alpha value is -2.37. The van der Waals surface area contributed by atoms with Gasteiger partial charge in [0, 0.05) is 5.69 Å². The molecule has 0 aromatic carbocycles. The van der Waals surface area contributed by atoms with Crippen LogP contribution >= 0.6 is 0 Å². The highest BCUT2D eigenvalue weighted by Crippen LogP contribution is 2.17. The average Bonchev–Trinajstić information content (AvgIpc) is 2.67. The first-order valence-corrected chi connectivity index (χ1v) is 5.40. The molecule has 2 aromatic heterocycles. The van der Waals surface area contributed by atoms with Crippen LogP contribution in [0, 0.1) is 13.8 Å². The van der Waals surface area contributed by atoms with Gasteiger partial charge in [-0.25, -0.2) is 14.5 Å². The zero-order valence-corrected chi connectivity index (χ0v) is 10.5.